The molecule has 0 saturated carbocycles. The third-order valence-electron chi connectivity index (χ3n) is 6.01. The van der Waals surface area contributed by atoms with Crippen LogP contribution in [0.4, 0.5) is 0 Å². The van der Waals surface area contributed by atoms with E-state index in [4.69, 9.17) is 0 Å². The number of benzene rings is 1. The van der Waals surface area contributed by atoms with E-state index in [1.54, 1.807) is 0 Å². The zero-order valence-electron chi connectivity index (χ0n) is 14.8. The smallest absolute Gasteiger partial charge is 0.254 e. The second-order valence-electron chi connectivity index (χ2n) is 7.70. The lowest BCUT2D eigenvalue weighted by Gasteiger charge is -2.41. The number of carbonyl (C=O) groups is 3. The molecule has 2 atom stereocenters. The second kappa shape index (κ2) is 5.97. The molecule has 0 aromatic heterocycles. The van der Waals surface area contributed by atoms with Crippen LogP contribution in [0.15, 0.2) is 18.2 Å². The lowest BCUT2D eigenvalue weighted by molar-refractivity contribution is -0.142. The molecule has 2 unspecified atom stereocenters. The van der Waals surface area contributed by atoms with Gasteiger partial charge in [0.2, 0.25) is 11.8 Å². The average Bonchev–Trinajstić information content (AvgIpc) is 3.03. The Balaban J connectivity index is 1.55. The quantitative estimate of drug-likeness (QED) is 0.778. The fourth-order valence-corrected chi connectivity index (χ4v) is 4.88. The van der Waals surface area contributed by atoms with Crippen LogP contribution in [-0.4, -0.2) is 45.6 Å². The third kappa shape index (κ3) is 2.66. The molecule has 5 nitrogen and oxygen atoms in total. The van der Waals surface area contributed by atoms with Gasteiger partial charge in [0.15, 0.2) is 0 Å². The Hall–Kier alpha value is -2.17. The van der Waals surface area contributed by atoms with Crippen LogP contribution in [-0.2, 0) is 9.59 Å². The number of piperidine rings is 1. The molecular weight excluding hydrogens is 316 g/mol. The van der Waals surface area contributed by atoms with Crippen LogP contribution in [0.25, 0.3) is 0 Å². The summed E-state index contributed by atoms with van der Waals surface area (Å²) in [5, 5.41) is 0. The molecule has 3 amide bonds. The largest absolute Gasteiger partial charge is 0.333 e. The first-order chi connectivity index (χ1) is 12.0. The predicted molar refractivity (Wildman–Crippen MR) is 93.0 cm³/mol. The van der Waals surface area contributed by atoms with Crippen LogP contribution in [0, 0.1) is 13.8 Å². The van der Waals surface area contributed by atoms with Crippen molar-refractivity contribution in [3.63, 3.8) is 0 Å². The topological polar surface area (TPSA) is 57.7 Å². The molecule has 2 bridgehead atoms. The fourth-order valence-electron chi connectivity index (χ4n) is 4.88. The number of likely N-dealkylation sites (tertiary alicyclic amines) is 1. The number of hydrogen-bond acceptors (Lipinski definition) is 3. The van der Waals surface area contributed by atoms with Gasteiger partial charge in [0.25, 0.3) is 5.91 Å². The number of carbonyl (C=O) groups excluding carboxylic acids is 3. The van der Waals surface area contributed by atoms with Gasteiger partial charge in [-0.05, 0) is 51.2 Å². The molecule has 25 heavy (non-hydrogen) atoms. The van der Waals surface area contributed by atoms with Gasteiger partial charge in [0.05, 0.1) is 0 Å². The molecule has 5 heteroatoms. The van der Waals surface area contributed by atoms with Crippen LogP contribution in [0.2, 0.25) is 0 Å². The van der Waals surface area contributed by atoms with Gasteiger partial charge in [0, 0.05) is 36.5 Å². The van der Waals surface area contributed by atoms with Crippen molar-refractivity contribution in [2.45, 2.75) is 70.5 Å². The molecule has 3 heterocycles. The van der Waals surface area contributed by atoms with E-state index in [0.29, 0.717) is 12.8 Å². The molecule has 0 aliphatic carbocycles. The maximum Gasteiger partial charge on any atom is 0.254 e. The van der Waals surface area contributed by atoms with Crippen LogP contribution in [0.1, 0.15) is 60.0 Å². The summed E-state index contributed by atoms with van der Waals surface area (Å²) in [5.74, 6) is 0.0228. The Labute approximate surface area is 148 Å². The number of imide groups is 1. The van der Waals surface area contributed by atoms with Crippen molar-refractivity contribution < 1.29 is 14.4 Å². The molecule has 3 aliphatic heterocycles. The number of hydrogen-bond donors (Lipinski definition) is 0. The van der Waals surface area contributed by atoms with Gasteiger partial charge in [0.1, 0.15) is 0 Å². The van der Waals surface area contributed by atoms with Crippen LogP contribution in [0.3, 0.4) is 0 Å². The highest BCUT2D eigenvalue weighted by Crippen LogP contribution is 2.40. The van der Waals surface area contributed by atoms with E-state index in [0.717, 1.165) is 42.4 Å². The van der Waals surface area contributed by atoms with Gasteiger partial charge >= 0.3 is 0 Å². The van der Waals surface area contributed by atoms with Crippen molar-refractivity contribution in [3.8, 4) is 0 Å². The minimum Gasteiger partial charge on any atom is -0.333 e. The Morgan fingerprint density at radius 1 is 0.960 bits per heavy atom. The first kappa shape index (κ1) is 16.3. The zero-order valence-corrected chi connectivity index (χ0v) is 14.8. The lowest BCUT2D eigenvalue weighted by Crippen LogP contribution is -2.53. The second-order valence-corrected chi connectivity index (χ2v) is 7.70. The highest BCUT2D eigenvalue weighted by Gasteiger charge is 2.47. The van der Waals surface area contributed by atoms with Gasteiger partial charge < -0.3 is 4.90 Å². The molecule has 0 radical (unpaired) electrons. The molecule has 3 saturated heterocycles. The van der Waals surface area contributed by atoms with Crippen molar-refractivity contribution >= 4 is 17.7 Å². The molecule has 0 N–H and O–H groups in total. The van der Waals surface area contributed by atoms with Crippen molar-refractivity contribution in [2.24, 2.45) is 0 Å². The van der Waals surface area contributed by atoms with Gasteiger partial charge in [-0.15, -0.1) is 0 Å². The number of fused-ring (bicyclic) bond motifs is 2. The highest BCUT2D eigenvalue weighted by molar-refractivity contribution is 6.02. The summed E-state index contributed by atoms with van der Waals surface area (Å²) in [6.45, 7) is 4.01. The number of rotatable bonds is 2. The van der Waals surface area contributed by atoms with Gasteiger partial charge in [-0.3, -0.25) is 19.3 Å². The first-order valence-corrected chi connectivity index (χ1v) is 9.20. The van der Waals surface area contributed by atoms with Crippen molar-refractivity contribution in [2.75, 3.05) is 0 Å². The molecule has 1 aromatic rings. The predicted octanol–water partition coefficient (Wildman–Crippen LogP) is 2.59. The van der Waals surface area contributed by atoms with E-state index in [1.165, 1.54) is 4.90 Å². The molecule has 4 rings (SSSR count). The minimum absolute atomic E-state index is 0.0248. The third-order valence-corrected chi connectivity index (χ3v) is 6.01. The van der Waals surface area contributed by atoms with E-state index in [2.05, 4.69) is 0 Å². The van der Waals surface area contributed by atoms with E-state index in [-0.39, 0.29) is 35.8 Å². The van der Waals surface area contributed by atoms with Crippen molar-refractivity contribution in [1.82, 2.24) is 9.80 Å². The molecule has 0 spiro atoms. The maximum atomic E-state index is 13.1. The lowest BCUT2D eigenvalue weighted by atomic mass is 9.94. The summed E-state index contributed by atoms with van der Waals surface area (Å²) in [6, 6.07) is 6.20. The minimum atomic E-state index is -0.0384. The summed E-state index contributed by atoms with van der Waals surface area (Å²) in [6.07, 6.45) is 4.07. The van der Waals surface area contributed by atoms with E-state index >= 15 is 0 Å². The standard InChI is InChI=1S/C20H24N2O3/c1-12-3-6-17(13(2)9-12)20(25)21-14-4-5-15(21)11-16(10-14)22-18(23)7-8-19(22)24/h3,6,9,14-16H,4-5,7-8,10-11H2,1-2H3. The van der Waals surface area contributed by atoms with Crippen molar-refractivity contribution in [1.29, 1.82) is 0 Å². The van der Waals surface area contributed by atoms with Crippen LogP contribution < -0.4 is 0 Å². The zero-order chi connectivity index (χ0) is 17.7. The highest BCUT2D eigenvalue weighted by atomic mass is 16.2. The summed E-state index contributed by atoms with van der Waals surface area (Å²) < 4.78 is 0. The Kier molecular flexibility index (Phi) is 3.89. The van der Waals surface area contributed by atoms with E-state index in [1.807, 2.05) is 36.9 Å². The van der Waals surface area contributed by atoms with Crippen LogP contribution >= 0.6 is 0 Å². The van der Waals surface area contributed by atoms with Gasteiger partial charge in [-0.2, -0.15) is 0 Å². The SMILES string of the molecule is Cc1ccc(C(=O)N2C3CCC2CC(N2C(=O)CCC2=O)C3)c(C)c1. The number of aryl methyl sites for hydroxylation is 2. The van der Waals surface area contributed by atoms with Crippen LogP contribution in [0.5, 0.6) is 0 Å². The van der Waals surface area contributed by atoms with Crippen molar-refractivity contribution in [3.05, 3.63) is 34.9 Å². The van der Waals surface area contributed by atoms with E-state index < -0.39 is 0 Å². The van der Waals surface area contributed by atoms with Gasteiger partial charge in [-0.1, -0.05) is 17.7 Å². The van der Waals surface area contributed by atoms with E-state index in [9.17, 15) is 14.4 Å². The average molecular weight is 340 g/mol. The Bertz CT molecular complexity index is 727. The fraction of sp³-hybridized carbons (Fsp3) is 0.550. The molecule has 1 aromatic carbocycles. The van der Waals surface area contributed by atoms with Gasteiger partial charge in [-0.25, -0.2) is 0 Å². The summed E-state index contributed by atoms with van der Waals surface area (Å²) in [5.41, 5.74) is 2.94. The first-order valence-electron chi connectivity index (χ1n) is 9.20. The monoisotopic (exact) mass is 340 g/mol. The summed E-state index contributed by atoms with van der Waals surface area (Å²) in [4.78, 5) is 40.8. The normalized spacial score (nSPS) is 28.8. The maximum absolute atomic E-state index is 13.1. The number of nitrogens with zero attached hydrogens (tertiary/aromatic N) is 2. The summed E-state index contributed by atoms with van der Waals surface area (Å²) >= 11 is 0. The Morgan fingerprint density at radius 2 is 1.56 bits per heavy atom. The molecule has 3 aliphatic rings. The molecule has 3 fully saturated rings. The number of amides is 3. The summed E-state index contributed by atoms with van der Waals surface area (Å²) in [7, 11) is 0. The molecule has 132 valence electrons. The molecular formula is C20H24N2O3. The Morgan fingerprint density at radius 3 is 2.12 bits per heavy atom.